The Kier molecular flexibility index (Phi) is 3.64. The van der Waals surface area contributed by atoms with Crippen molar-refractivity contribution in [1.29, 1.82) is 0 Å². The number of hydrogen-bond donors (Lipinski definition) is 1. The Balaban J connectivity index is 2.05. The Morgan fingerprint density at radius 2 is 2.47 bits per heavy atom. The van der Waals surface area contributed by atoms with E-state index in [1.54, 1.807) is 0 Å². The van der Waals surface area contributed by atoms with Crippen molar-refractivity contribution >= 4 is 11.8 Å². The van der Waals surface area contributed by atoms with Crippen molar-refractivity contribution in [2.45, 2.75) is 37.4 Å². The first-order valence-corrected chi connectivity index (χ1v) is 6.51. The molecule has 15 heavy (non-hydrogen) atoms. The first kappa shape index (κ1) is 11.0. The summed E-state index contributed by atoms with van der Waals surface area (Å²) in [6.45, 7) is 2.58. The molecular formula is C10H17N3OS. The van der Waals surface area contributed by atoms with Gasteiger partial charge in [0.25, 0.3) is 0 Å². The quantitative estimate of drug-likeness (QED) is 0.856. The summed E-state index contributed by atoms with van der Waals surface area (Å²) >= 11 is 1.92. The van der Waals surface area contributed by atoms with Crippen molar-refractivity contribution in [3.05, 3.63) is 11.7 Å². The normalized spacial score (nSPS) is 24.0. The third kappa shape index (κ3) is 2.52. The summed E-state index contributed by atoms with van der Waals surface area (Å²) in [6, 6.07) is 0. The van der Waals surface area contributed by atoms with Crippen LogP contribution < -0.4 is 5.73 Å². The molecular weight excluding hydrogens is 210 g/mol. The lowest BCUT2D eigenvalue weighted by atomic mass is 10.1. The molecule has 1 aromatic rings. The zero-order valence-electron chi connectivity index (χ0n) is 8.98. The SMILES string of the molecule is CC(CN)c1noc(C2CCCCS2)n1. The van der Waals surface area contributed by atoms with Crippen molar-refractivity contribution in [3.63, 3.8) is 0 Å². The highest BCUT2D eigenvalue weighted by Gasteiger charge is 2.23. The molecule has 1 fully saturated rings. The lowest BCUT2D eigenvalue weighted by molar-refractivity contribution is 0.363. The van der Waals surface area contributed by atoms with Gasteiger partial charge in [-0.2, -0.15) is 4.98 Å². The molecule has 0 saturated carbocycles. The highest BCUT2D eigenvalue weighted by Crippen LogP contribution is 2.37. The van der Waals surface area contributed by atoms with Crippen LogP contribution in [0.25, 0.3) is 0 Å². The maximum Gasteiger partial charge on any atom is 0.239 e. The standard InChI is InChI=1S/C10H17N3OS/c1-7(6-11)9-12-10(14-13-9)8-4-2-3-5-15-8/h7-8H,2-6,11H2,1H3. The molecule has 2 atom stereocenters. The van der Waals surface area contributed by atoms with Gasteiger partial charge in [-0.05, 0) is 18.6 Å². The third-order valence-corrected chi connectivity index (χ3v) is 4.07. The molecule has 0 bridgehead atoms. The minimum absolute atomic E-state index is 0.191. The number of thioether (sulfide) groups is 1. The first-order chi connectivity index (χ1) is 7.31. The van der Waals surface area contributed by atoms with E-state index in [9.17, 15) is 0 Å². The van der Waals surface area contributed by atoms with Gasteiger partial charge in [0.15, 0.2) is 5.82 Å². The molecule has 4 nitrogen and oxygen atoms in total. The van der Waals surface area contributed by atoms with E-state index in [-0.39, 0.29) is 5.92 Å². The molecule has 5 heteroatoms. The molecule has 1 aromatic heterocycles. The van der Waals surface area contributed by atoms with Crippen molar-refractivity contribution in [3.8, 4) is 0 Å². The summed E-state index contributed by atoms with van der Waals surface area (Å²) in [5.74, 6) is 2.93. The minimum atomic E-state index is 0.191. The highest BCUT2D eigenvalue weighted by atomic mass is 32.2. The van der Waals surface area contributed by atoms with Crippen molar-refractivity contribution in [2.24, 2.45) is 5.73 Å². The van der Waals surface area contributed by atoms with Gasteiger partial charge in [0, 0.05) is 12.5 Å². The number of nitrogens with zero attached hydrogens (tertiary/aromatic N) is 2. The van der Waals surface area contributed by atoms with Gasteiger partial charge in [0.2, 0.25) is 5.89 Å². The molecule has 0 radical (unpaired) electrons. The van der Waals surface area contributed by atoms with Crippen LogP contribution in [-0.2, 0) is 0 Å². The third-order valence-electron chi connectivity index (χ3n) is 2.71. The van der Waals surface area contributed by atoms with Crippen LogP contribution in [-0.4, -0.2) is 22.4 Å². The summed E-state index contributed by atoms with van der Waals surface area (Å²) in [6.07, 6.45) is 3.73. The summed E-state index contributed by atoms with van der Waals surface area (Å²) in [5.41, 5.74) is 5.56. The largest absolute Gasteiger partial charge is 0.338 e. The van der Waals surface area contributed by atoms with Crippen molar-refractivity contribution in [1.82, 2.24) is 10.1 Å². The van der Waals surface area contributed by atoms with Crippen molar-refractivity contribution in [2.75, 3.05) is 12.3 Å². The van der Waals surface area contributed by atoms with E-state index < -0.39 is 0 Å². The second kappa shape index (κ2) is 4.99. The number of nitrogens with two attached hydrogens (primary N) is 1. The molecule has 2 heterocycles. The molecule has 1 aliphatic rings. The second-order valence-electron chi connectivity index (χ2n) is 3.98. The number of aromatic nitrogens is 2. The summed E-state index contributed by atoms with van der Waals surface area (Å²) in [5, 5.41) is 4.39. The zero-order valence-corrected chi connectivity index (χ0v) is 9.80. The molecule has 0 amide bonds. The van der Waals surface area contributed by atoms with Gasteiger partial charge >= 0.3 is 0 Å². The molecule has 0 aromatic carbocycles. The fourth-order valence-corrected chi connectivity index (χ4v) is 2.85. The summed E-state index contributed by atoms with van der Waals surface area (Å²) in [4.78, 5) is 4.43. The Morgan fingerprint density at radius 3 is 3.13 bits per heavy atom. The fourth-order valence-electron chi connectivity index (χ4n) is 1.62. The summed E-state index contributed by atoms with van der Waals surface area (Å²) in [7, 11) is 0. The average Bonchev–Trinajstić information content (AvgIpc) is 2.78. The van der Waals surface area contributed by atoms with Crippen LogP contribution >= 0.6 is 11.8 Å². The van der Waals surface area contributed by atoms with Crippen LogP contribution in [0.1, 0.15) is 49.1 Å². The highest BCUT2D eigenvalue weighted by molar-refractivity contribution is 7.99. The van der Waals surface area contributed by atoms with Crippen LogP contribution in [0.4, 0.5) is 0 Å². The molecule has 2 rings (SSSR count). The maximum absolute atomic E-state index is 5.56. The molecule has 0 spiro atoms. The van der Waals surface area contributed by atoms with Crippen LogP contribution in [0, 0.1) is 0 Å². The molecule has 1 saturated heterocycles. The number of rotatable bonds is 3. The number of hydrogen-bond acceptors (Lipinski definition) is 5. The molecule has 1 aliphatic heterocycles. The Hall–Kier alpha value is -0.550. The van der Waals surface area contributed by atoms with Gasteiger partial charge < -0.3 is 10.3 Å². The zero-order chi connectivity index (χ0) is 10.7. The smallest absolute Gasteiger partial charge is 0.239 e. The van der Waals surface area contributed by atoms with E-state index in [1.165, 1.54) is 18.6 Å². The monoisotopic (exact) mass is 227 g/mol. The van der Waals surface area contributed by atoms with Gasteiger partial charge in [-0.15, -0.1) is 11.8 Å². The van der Waals surface area contributed by atoms with Gasteiger partial charge in [0.1, 0.15) is 0 Å². The van der Waals surface area contributed by atoms with Crippen LogP contribution in [0.2, 0.25) is 0 Å². The second-order valence-corrected chi connectivity index (χ2v) is 5.29. The van der Waals surface area contributed by atoms with E-state index in [0.717, 1.165) is 18.1 Å². The van der Waals surface area contributed by atoms with E-state index in [4.69, 9.17) is 10.3 Å². The first-order valence-electron chi connectivity index (χ1n) is 5.46. The van der Waals surface area contributed by atoms with Crippen LogP contribution in [0.3, 0.4) is 0 Å². The van der Waals surface area contributed by atoms with Crippen LogP contribution in [0.5, 0.6) is 0 Å². The predicted octanol–water partition coefficient (Wildman–Crippen LogP) is 2.09. The van der Waals surface area contributed by atoms with Crippen LogP contribution in [0.15, 0.2) is 4.52 Å². The summed E-state index contributed by atoms with van der Waals surface area (Å²) < 4.78 is 5.29. The minimum Gasteiger partial charge on any atom is -0.338 e. The topological polar surface area (TPSA) is 64.9 Å². The van der Waals surface area contributed by atoms with Gasteiger partial charge in [0.05, 0.1) is 5.25 Å². The van der Waals surface area contributed by atoms with E-state index in [0.29, 0.717) is 11.8 Å². The molecule has 0 aliphatic carbocycles. The van der Waals surface area contributed by atoms with Crippen molar-refractivity contribution < 1.29 is 4.52 Å². The van der Waals surface area contributed by atoms with Gasteiger partial charge in [-0.25, -0.2) is 0 Å². The lowest BCUT2D eigenvalue weighted by Crippen LogP contribution is -2.10. The maximum atomic E-state index is 5.56. The van der Waals surface area contributed by atoms with E-state index in [1.807, 2.05) is 18.7 Å². The van der Waals surface area contributed by atoms with Gasteiger partial charge in [-0.1, -0.05) is 18.5 Å². The van der Waals surface area contributed by atoms with E-state index >= 15 is 0 Å². The Labute approximate surface area is 94.0 Å². The lowest BCUT2D eigenvalue weighted by Gasteiger charge is -2.16. The Morgan fingerprint density at radius 1 is 1.60 bits per heavy atom. The Bertz CT molecular complexity index is 309. The molecule has 84 valence electrons. The van der Waals surface area contributed by atoms with E-state index in [2.05, 4.69) is 10.1 Å². The molecule has 2 N–H and O–H groups in total. The van der Waals surface area contributed by atoms with Gasteiger partial charge in [-0.3, -0.25) is 0 Å². The average molecular weight is 227 g/mol. The predicted molar refractivity (Wildman–Crippen MR) is 60.8 cm³/mol. The fraction of sp³-hybridized carbons (Fsp3) is 0.800. The molecule has 2 unspecified atom stereocenters.